The Labute approximate surface area is 266 Å². The molecular weight excluding hydrogens is 611 g/mol. The van der Waals surface area contributed by atoms with E-state index in [1.165, 1.54) is 0 Å². The number of aryl methyl sites for hydroxylation is 1. The van der Waals surface area contributed by atoms with Crippen molar-refractivity contribution in [3.05, 3.63) is 59.2 Å². The number of piperidine rings is 1. The lowest BCUT2D eigenvalue weighted by atomic mass is 9.91. The Morgan fingerprint density at radius 2 is 1.80 bits per heavy atom. The number of aliphatic hydroxyl groups is 1. The number of aliphatic hydroxyl groups excluding tert-OH is 1. The lowest BCUT2D eigenvalue weighted by Gasteiger charge is -2.39. The molecule has 2 heterocycles. The van der Waals surface area contributed by atoms with Gasteiger partial charge in [0.2, 0.25) is 0 Å². The van der Waals surface area contributed by atoms with Gasteiger partial charge in [-0.3, -0.25) is 9.69 Å². The molecule has 3 fully saturated rings. The summed E-state index contributed by atoms with van der Waals surface area (Å²) in [7, 11) is 0. The van der Waals surface area contributed by atoms with E-state index in [1.807, 2.05) is 37.3 Å². The fourth-order valence-electron chi connectivity index (χ4n) is 6.63. The van der Waals surface area contributed by atoms with E-state index in [4.69, 9.17) is 9.47 Å². The first-order valence-electron chi connectivity index (χ1n) is 16.1. The van der Waals surface area contributed by atoms with E-state index < -0.39 is 36.9 Å². The number of halogens is 5. The second-order valence-electron chi connectivity index (χ2n) is 12.9. The van der Waals surface area contributed by atoms with Crippen LogP contribution in [0.1, 0.15) is 74.3 Å². The number of aliphatic carboxylic acids is 1. The highest BCUT2D eigenvalue weighted by atomic mass is 19.4. The van der Waals surface area contributed by atoms with Crippen LogP contribution in [-0.4, -0.2) is 78.7 Å². The molecule has 0 spiro atoms. The molecule has 1 saturated carbocycles. The van der Waals surface area contributed by atoms with Crippen LogP contribution in [0.2, 0.25) is 0 Å². The minimum atomic E-state index is -5.75. The van der Waals surface area contributed by atoms with Crippen molar-refractivity contribution in [1.82, 2.24) is 4.90 Å². The van der Waals surface area contributed by atoms with E-state index in [1.54, 1.807) is 12.1 Å². The average molecular weight is 655 g/mol. The third-order valence-electron chi connectivity index (χ3n) is 9.58. The third-order valence-corrected chi connectivity index (χ3v) is 9.58. The molecule has 2 N–H and O–H groups in total. The summed E-state index contributed by atoms with van der Waals surface area (Å²) in [6.07, 6.45) is -2.83. The third kappa shape index (κ3) is 8.30. The van der Waals surface area contributed by atoms with Gasteiger partial charge in [-0.2, -0.15) is 22.0 Å². The molecule has 3 atom stereocenters. The van der Waals surface area contributed by atoms with E-state index in [2.05, 4.69) is 4.90 Å². The molecular formula is C34H43F5N2O5. The first kappa shape index (κ1) is 34.4. The summed E-state index contributed by atoms with van der Waals surface area (Å²) in [5.74, 6) is -4.53. The van der Waals surface area contributed by atoms with Crippen LogP contribution in [0, 0.1) is 11.8 Å². The van der Waals surface area contributed by atoms with Gasteiger partial charge in [-0.15, -0.1) is 0 Å². The Balaban J connectivity index is 1.26. The Morgan fingerprint density at radius 1 is 1.07 bits per heavy atom. The lowest BCUT2D eigenvalue weighted by Crippen LogP contribution is -2.51. The summed E-state index contributed by atoms with van der Waals surface area (Å²) in [6.45, 7) is 2.13. The van der Waals surface area contributed by atoms with Gasteiger partial charge in [-0.05, 0) is 85.6 Å². The number of carboxylic acids is 1. The highest BCUT2D eigenvalue weighted by molar-refractivity contribution is 5.68. The van der Waals surface area contributed by atoms with Crippen molar-refractivity contribution in [2.24, 2.45) is 11.8 Å². The van der Waals surface area contributed by atoms with Gasteiger partial charge in [0.1, 0.15) is 12.0 Å². The minimum absolute atomic E-state index is 0.0236. The Hall–Kier alpha value is -2.96. The normalized spacial score (nSPS) is 21.0. The Kier molecular flexibility index (Phi) is 10.8. The molecule has 0 amide bonds. The molecule has 46 heavy (non-hydrogen) atoms. The summed E-state index contributed by atoms with van der Waals surface area (Å²) >= 11 is 0. The van der Waals surface area contributed by atoms with Crippen molar-refractivity contribution >= 4 is 11.7 Å². The highest BCUT2D eigenvalue weighted by Crippen LogP contribution is 2.45. The number of hydrogen-bond acceptors (Lipinski definition) is 6. The van der Waals surface area contributed by atoms with E-state index in [-0.39, 0.29) is 37.9 Å². The van der Waals surface area contributed by atoms with Crippen LogP contribution in [0.3, 0.4) is 0 Å². The summed E-state index contributed by atoms with van der Waals surface area (Å²) in [4.78, 5) is 14.3. The molecule has 0 bridgehead atoms. The van der Waals surface area contributed by atoms with Crippen LogP contribution in [0.15, 0.2) is 42.5 Å². The molecule has 2 aliphatic heterocycles. The van der Waals surface area contributed by atoms with E-state index in [9.17, 15) is 37.0 Å². The van der Waals surface area contributed by atoms with Gasteiger partial charge in [0.25, 0.3) is 0 Å². The molecule has 1 aliphatic carbocycles. The molecule has 0 radical (unpaired) electrons. The molecule has 0 aromatic heterocycles. The van der Waals surface area contributed by atoms with Crippen LogP contribution in [0.25, 0.3) is 0 Å². The van der Waals surface area contributed by atoms with Crippen molar-refractivity contribution in [1.29, 1.82) is 0 Å². The van der Waals surface area contributed by atoms with Crippen LogP contribution < -0.4 is 9.64 Å². The predicted molar refractivity (Wildman–Crippen MR) is 162 cm³/mol. The first-order valence-corrected chi connectivity index (χ1v) is 16.1. The van der Waals surface area contributed by atoms with E-state index in [0.717, 1.165) is 41.7 Å². The number of benzene rings is 2. The summed E-state index contributed by atoms with van der Waals surface area (Å²) < 4.78 is 79.8. The van der Waals surface area contributed by atoms with Crippen molar-refractivity contribution in [2.45, 2.75) is 82.2 Å². The monoisotopic (exact) mass is 654 g/mol. The number of anilines is 1. The molecule has 7 nitrogen and oxygen atoms in total. The molecule has 3 unspecified atom stereocenters. The smallest absolute Gasteiger partial charge is 0.454 e. The maximum Gasteiger partial charge on any atom is 0.454 e. The van der Waals surface area contributed by atoms with Gasteiger partial charge in [0, 0.05) is 37.0 Å². The van der Waals surface area contributed by atoms with Crippen LogP contribution >= 0.6 is 0 Å². The number of hydrogen-bond donors (Lipinski definition) is 2. The maximum atomic E-state index is 14.3. The summed E-state index contributed by atoms with van der Waals surface area (Å²) in [5.41, 5.74) is 2.85. The Morgan fingerprint density at radius 3 is 2.41 bits per heavy atom. The molecule has 12 heteroatoms. The second-order valence-corrected chi connectivity index (χ2v) is 12.9. The number of ether oxygens (including phenoxy) is 2. The molecule has 3 aliphatic rings. The van der Waals surface area contributed by atoms with Gasteiger partial charge >= 0.3 is 18.1 Å². The van der Waals surface area contributed by atoms with Gasteiger partial charge in [0.15, 0.2) is 0 Å². The zero-order valence-corrected chi connectivity index (χ0v) is 26.0. The predicted octanol–water partition coefficient (Wildman–Crippen LogP) is 6.79. The van der Waals surface area contributed by atoms with E-state index >= 15 is 0 Å². The fourth-order valence-corrected chi connectivity index (χ4v) is 6.63. The summed E-state index contributed by atoms with van der Waals surface area (Å²) in [6, 6.07) is 12.2. The molecule has 5 rings (SSSR count). The van der Waals surface area contributed by atoms with Crippen molar-refractivity contribution in [2.75, 3.05) is 44.4 Å². The topological polar surface area (TPSA) is 82.5 Å². The highest BCUT2D eigenvalue weighted by Gasteiger charge is 2.59. The summed E-state index contributed by atoms with van der Waals surface area (Å²) in [5, 5.41) is 20.8. The number of nitrogens with zero attached hydrogens (tertiary/aromatic N) is 2. The average Bonchev–Trinajstić information content (AvgIpc) is 3.73. The van der Waals surface area contributed by atoms with Crippen molar-refractivity contribution < 1.29 is 46.4 Å². The number of alkyl halides is 5. The van der Waals surface area contributed by atoms with Crippen molar-refractivity contribution in [3.8, 4) is 5.75 Å². The van der Waals surface area contributed by atoms with Crippen LogP contribution in [0.4, 0.5) is 27.6 Å². The molecule has 2 saturated heterocycles. The number of carboxylic acid groups (broad SMARTS) is 1. The molecule has 2 aromatic carbocycles. The minimum Gasteiger partial charge on any atom is -0.493 e. The zero-order chi connectivity index (χ0) is 33.1. The zero-order valence-electron chi connectivity index (χ0n) is 26.0. The maximum absolute atomic E-state index is 14.3. The van der Waals surface area contributed by atoms with Crippen LogP contribution in [0.5, 0.6) is 5.75 Å². The Bertz CT molecular complexity index is 1320. The SMILES string of the molecule is CCc1ccc(C(O)N(CC(F)(F)C(F)(F)F)C2CCOC2)c(N2CCC(COc3cccc(C(CC(=O)O)C4CC4)c3)CC2)c1. The second kappa shape index (κ2) is 14.4. The lowest BCUT2D eigenvalue weighted by molar-refractivity contribution is -0.293. The van der Waals surface area contributed by atoms with Gasteiger partial charge in [-0.1, -0.05) is 31.2 Å². The fraction of sp³-hybridized carbons (Fsp3) is 0.618. The molecule has 254 valence electrons. The van der Waals surface area contributed by atoms with Gasteiger partial charge < -0.3 is 24.6 Å². The van der Waals surface area contributed by atoms with Gasteiger partial charge in [-0.25, -0.2) is 0 Å². The standard InChI is InChI=1S/C34H43F5N2O5/c1-2-22-6-9-28(32(44)41(26-12-15-45-20-26)21-33(35,36)34(37,38)39)30(16-22)40-13-10-23(11-14-40)19-46-27-5-3-4-25(17-27)29(18-31(42)43)24-7-8-24/h3-6,9,16-17,23-24,26,29,32,44H,2,7-8,10-15,18-21H2,1H3,(H,42,43). The first-order chi connectivity index (χ1) is 21.9. The van der Waals surface area contributed by atoms with Crippen LogP contribution in [-0.2, 0) is 16.0 Å². The largest absolute Gasteiger partial charge is 0.493 e. The molecule has 2 aromatic rings. The van der Waals surface area contributed by atoms with Crippen molar-refractivity contribution in [3.63, 3.8) is 0 Å². The van der Waals surface area contributed by atoms with E-state index in [0.29, 0.717) is 49.0 Å². The number of carbonyl (C=O) groups is 1. The number of rotatable bonds is 14. The van der Waals surface area contributed by atoms with Gasteiger partial charge in [0.05, 0.1) is 26.2 Å². The quantitative estimate of drug-likeness (QED) is 0.172.